The van der Waals surface area contributed by atoms with Gasteiger partial charge in [0, 0.05) is 5.39 Å². The van der Waals surface area contributed by atoms with Crippen LogP contribution in [0.15, 0.2) is 27.4 Å². The number of aryl methyl sites for hydroxylation is 1. The molecular formula is C14H13NO3. The lowest BCUT2D eigenvalue weighted by Gasteiger charge is -2.12. The monoisotopic (exact) mass is 243 g/mol. The molecule has 1 heterocycles. The number of ether oxygens (including phenoxy) is 1. The highest BCUT2D eigenvalue weighted by Gasteiger charge is 2.11. The molecule has 0 atom stereocenters. The molecule has 2 aromatic rings. The standard InChI is InChI=1S/C14H13NO3/c1-8(2)17-12-5-9(3)4-10-6-11(7-15)14(16)18-13(10)12/h4-6,8H,1-3H3. The predicted molar refractivity (Wildman–Crippen MR) is 67.7 cm³/mol. The minimum Gasteiger partial charge on any atom is -0.487 e. The zero-order chi connectivity index (χ0) is 13.3. The van der Waals surface area contributed by atoms with Crippen LogP contribution in [0.1, 0.15) is 25.0 Å². The van der Waals surface area contributed by atoms with E-state index in [2.05, 4.69) is 0 Å². The van der Waals surface area contributed by atoms with E-state index in [0.717, 1.165) is 5.56 Å². The lowest BCUT2D eigenvalue weighted by Crippen LogP contribution is -2.08. The molecule has 0 bridgehead atoms. The highest BCUT2D eigenvalue weighted by atomic mass is 16.5. The van der Waals surface area contributed by atoms with Crippen molar-refractivity contribution >= 4 is 11.0 Å². The van der Waals surface area contributed by atoms with Gasteiger partial charge in [-0.05, 0) is 44.5 Å². The summed E-state index contributed by atoms with van der Waals surface area (Å²) in [5, 5.41) is 9.52. The van der Waals surface area contributed by atoms with Gasteiger partial charge in [0.2, 0.25) is 0 Å². The molecule has 0 fully saturated rings. The zero-order valence-corrected chi connectivity index (χ0v) is 10.5. The lowest BCUT2D eigenvalue weighted by molar-refractivity contribution is 0.241. The average molecular weight is 243 g/mol. The summed E-state index contributed by atoms with van der Waals surface area (Å²) >= 11 is 0. The second kappa shape index (κ2) is 4.53. The van der Waals surface area contributed by atoms with Crippen LogP contribution in [0.25, 0.3) is 11.0 Å². The van der Waals surface area contributed by atoms with Gasteiger partial charge in [0.1, 0.15) is 11.6 Å². The second-order valence-corrected chi connectivity index (χ2v) is 4.41. The van der Waals surface area contributed by atoms with Crippen molar-refractivity contribution in [1.82, 2.24) is 0 Å². The number of benzene rings is 1. The lowest BCUT2D eigenvalue weighted by atomic mass is 10.1. The first-order valence-corrected chi connectivity index (χ1v) is 5.66. The zero-order valence-electron chi connectivity index (χ0n) is 10.5. The van der Waals surface area contributed by atoms with Crippen LogP contribution in [-0.4, -0.2) is 6.10 Å². The molecule has 1 aromatic carbocycles. The molecule has 1 aromatic heterocycles. The van der Waals surface area contributed by atoms with Gasteiger partial charge in [-0.15, -0.1) is 0 Å². The Balaban J connectivity index is 2.76. The molecular weight excluding hydrogens is 230 g/mol. The Kier molecular flexibility index (Phi) is 3.07. The van der Waals surface area contributed by atoms with Crippen LogP contribution in [0, 0.1) is 18.3 Å². The average Bonchev–Trinajstić information content (AvgIpc) is 2.28. The summed E-state index contributed by atoms with van der Waals surface area (Å²) in [6.45, 7) is 5.72. The van der Waals surface area contributed by atoms with E-state index in [0.29, 0.717) is 16.7 Å². The van der Waals surface area contributed by atoms with Gasteiger partial charge >= 0.3 is 5.63 Å². The molecule has 0 saturated heterocycles. The van der Waals surface area contributed by atoms with Crippen LogP contribution in [0.2, 0.25) is 0 Å². The Hall–Kier alpha value is -2.28. The minimum absolute atomic E-state index is 0.00333. The first-order chi connectivity index (χ1) is 8.51. The number of hydrogen-bond donors (Lipinski definition) is 0. The molecule has 0 unspecified atom stereocenters. The van der Waals surface area contributed by atoms with Crippen molar-refractivity contribution < 1.29 is 9.15 Å². The molecule has 0 amide bonds. The molecule has 4 nitrogen and oxygen atoms in total. The summed E-state index contributed by atoms with van der Waals surface area (Å²) in [4.78, 5) is 11.5. The van der Waals surface area contributed by atoms with Crippen molar-refractivity contribution in [2.24, 2.45) is 0 Å². The van der Waals surface area contributed by atoms with E-state index in [1.807, 2.05) is 39.0 Å². The summed E-state index contributed by atoms with van der Waals surface area (Å²) in [7, 11) is 0. The topological polar surface area (TPSA) is 63.2 Å². The van der Waals surface area contributed by atoms with E-state index < -0.39 is 5.63 Å². The fourth-order valence-corrected chi connectivity index (χ4v) is 1.77. The summed E-state index contributed by atoms with van der Waals surface area (Å²) in [5.74, 6) is 0.529. The van der Waals surface area contributed by atoms with Crippen molar-refractivity contribution in [2.45, 2.75) is 26.9 Å². The third-order valence-electron chi connectivity index (χ3n) is 2.43. The highest BCUT2D eigenvalue weighted by molar-refractivity contribution is 5.84. The molecule has 0 aliphatic rings. The van der Waals surface area contributed by atoms with E-state index in [-0.39, 0.29) is 11.7 Å². The van der Waals surface area contributed by atoms with E-state index in [1.165, 1.54) is 6.07 Å². The van der Waals surface area contributed by atoms with Crippen LogP contribution in [0.5, 0.6) is 5.75 Å². The molecule has 0 N–H and O–H groups in total. The smallest absolute Gasteiger partial charge is 0.354 e. The van der Waals surface area contributed by atoms with Gasteiger partial charge in [-0.25, -0.2) is 4.79 Å². The Morgan fingerprint density at radius 3 is 2.67 bits per heavy atom. The van der Waals surface area contributed by atoms with Crippen molar-refractivity contribution in [1.29, 1.82) is 5.26 Å². The van der Waals surface area contributed by atoms with Gasteiger partial charge in [-0.3, -0.25) is 0 Å². The largest absolute Gasteiger partial charge is 0.487 e. The molecule has 0 spiro atoms. The van der Waals surface area contributed by atoms with Crippen LogP contribution in [0.3, 0.4) is 0 Å². The number of rotatable bonds is 2. The Morgan fingerprint density at radius 2 is 2.06 bits per heavy atom. The maximum absolute atomic E-state index is 11.5. The third kappa shape index (κ3) is 2.21. The van der Waals surface area contributed by atoms with Crippen LogP contribution in [-0.2, 0) is 0 Å². The van der Waals surface area contributed by atoms with Crippen molar-refractivity contribution in [2.75, 3.05) is 0 Å². The number of hydrogen-bond acceptors (Lipinski definition) is 4. The fourth-order valence-electron chi connectivity index (χ4n) is 1.77. The molecule has 92 valence electrons. The third-order valence-corrected chi connectivity index (χ3v) is 2.43. The van der Waals surface area contributed by atoms with E-state index in [1.54, 1.807) is 0 Å². The van der Waals surface area contributed by atoms with Crippen molar-refractivity contribution in [3.05, 3.63) is 39.7 Å². The highest BCUT2D eigenvalue weighted by Crippen LogP contribution is 2.27. The first kappa shape index (κ1) is 12.2. The van der Waals surface area contributed by atoms with Gasteiger partial charge in [-0.1, -0.05) is 0 Å². The van der Waals surface area contributed by atoms with Crippen molar-refractivity contribution in [3.8, 4) is 11.8 Å². The van der Waals surface area contributed by atoms with Gasteiger partial charge in [0.05, 0.1) is 6.10 Å². The number of nitrogens with zero attached hydrogens (tertiary/aromatic N) is 1. The van der Waals surface area contributed by atoms with Crippen LogP contribution >= 0.6 is 0 Å². The van der Waals surface area contributed by atoms with Gasteiger partial charge in [-0.2, -0.15) is 5.26 Å². The second-order valence-electron chi connectivity index (χ2n) is 4.41. The van der Waals surface area contributed by atoms with Crippen LogP contribution in [0.4, 0.5) is 0 Å². The van der Waals surface area contributed by atoms with Gasteiger partial charge in [0.15, 0.2) is 11.3 Å². The molecule has 0 aliphatic heterocycles. The van der Waals surface area contributed by atoms with Crippen LogP contribution < -0.4 is 10.4 Å². The Morgan fingerprint density at radius 1 is 1.33 bits per heavy atom. The Labute approximate surface area is 104 Å². The normalized spacial score (nSPS) is 10.6. The summed E-state index contributed by atoms with van der Waals surface area (Å²) in [6.07, 6.45) is -0.0176. The SMILES string of the molecule is Cc1cc(OC(C)C)c2oc(=O)c(C#N)cc2c1. The summed E-state index contributed by atoms with van der Waals surface area (Å²) in [5.41, 5.74) is 0.736. The van der Waals surface area contributed by atoms with Crippen molar-refractivity contribution in [3.63, 3.8) is 0 Å². The fraction of sp³-hybridized carbons (Fsp3) is 0.286. The molecule has 4 heteroatoms. The molecule has 0 aliphatic carbocycles. The molecule has 0 radical (unpaired) electrons. The summed E-state index contributed by atoms with van der Waals surface area (Å²) < 4.78 is 10.8. The van der Waals surface area contributed by atoms with E-state index in [4.69, 9.17) is 14.4 Å². The summed E-state index contributed by atoms with van der Waals surface area (Å²) in [6, 6.07) is 7.02. The maximum atomic E-state index is 11.5. The van der Waals surface area contributed by atoms with E-state index in [9.17, 15) is 4.79 Å². The number of fused-ring (bicyclic) bond motifs is 1. The molecule has 18 heavy (non-hydrogen) atoms. The first-order valence-electron chi connectivity index (χ1n) is 5.66. The predicted octanol–water partition coefficient (Wildman–Crippen LogP) is 2.76. The Bertz CT molecular complexity index is 692. The quantitative estimate of drug-likeness (QED) is 0.761. The van der Waals surface area contributed by atoms with E-state index >= 15 is 0 Å². The van der Waals surface area contributed by atoms with Gasteiger partial charge < -0.3 is 9.15 Å². The number of nitriles is 1. The molecule has 0 saturated carbocycles. The van der Waals surface area contributed by atoms with Gasteiger partial charge in [0.25, 0.3) is 0 Å². The maximum Gasteiger partial charge on any atom is 0.354 e. The molecule has 2 rings (SSSR count). The minimum atomic E-state index is -0.637.